The van der Waals surface area contributed by atoms with Gasteiger partial charge in [0.1, 0.15) is 24.4 Å². The smallest absolute Gasteiger partial charge is 0.184 e. The Morgan fingerprint density at radius 1 is 0.821 bits per heavy atom. The van der Waals surface area contributed by atoms with Crippen molar-refractivity contribution < 1.29 is 29.2 Å². The van der Waals surface area contributed by atoms with Gasteiger partial charge >= 0.3 is 0 Å². The normalized spacial score (nSPS) is 33.1. The molecule has 0 spiro atoms. The molecule has 2 aliphatic rings. The summed E-state index contributed by atoms with van der Waals surface area (Å²) in [5, 5.41) is 21.5. The van der Waals surface area contributed by atoms with Gasteiger partial charge in [-0.3, -0.25) is 0 Å². The molecular weight excluding hydrogens is 407 g/mol. The Labute approximate surface area is 172 Å². The molecule has 2 heterocycles. The summed E-state index contributed by atoms with van der Waals surface area (Å²) < 4.78 is 23.4. The van der Waals surface area contributed by atoms with Gasteiger partial charge in [0.2, 0.25) is 0 Å². The van der Waals surface area contributed by atoms with Crippen molar-refractivity contribution in [1.29, 1.82) is 0 Å². The number of benzene rings is 2. The highest BCUT2D eigenvalue weighted by Gasteiger charge is 2.46. The van der Waals surface area contributed by atoms with Crippen molar-refractivity contribution in [3.05, 3.63) is 69.7 Å². The summed E-state index contributed by atoms with van der Waals surface area (Å²) in [6.45, 7) is -0.111. The van der Waals surface area contributed by atoms with E-state index in [1.165, 1.54) is 0 Å². The Kier molecular flexibility index (Phi) is 6.20. The molecule has 0 bridgehead atoms. The Morgan fingerprint density at radius 2 is 1.39 bits per heavy atom. The maximum absolute atomic E-state index is 10.6. The predicted molar refractivity (Wildman–Crippen MR) is 102 cm³/mol. The van der Waals surface area contributed by atoms with Gasteiger partial charge in [-0.05, 0) is 24.3 Å². The van der Waals surface area contributed by atoms with Crippen molar-refractivity contribution in [2.75, 3.05) is 13.2 Å². The van der Waals surface area contributed by atoms with E-state index in [0.717, 1.165) is 11.1 Å². The highest BCUT2D eigenvalue weighted by atomic mass is 35.5. The van der Waals surface area contributed by atoms with Gasteiger partial charge in [0.15, 0.2) is 12.6 Å². The van der Waals surface area contributed by atoms with E-state index in [4.69, 9.17) is 42.1 Å². The molecule has 6 nitrogen and oxygen atoms in total. The Balaban J connectivity index is 1.50. The van der Waals surface area contributed by atoms with Crippen LogP contribution in [-0.2, 0) is 18.9 Å². The minimum atomic E-state index is -1.06. The first kappa shape index (κ1) is 20.1. The summed E-state index contributed by atoms with van der Waals surface area (Å²) in [7, 11) is 0. The molecule has 28 heavy (non-hydrogen) atoms. The van der Waals surface area contributed by atoms with Crippen LogP contribution in [0.15, 0.2) is 48.5 Å². The molecule has 8 heteroatoms. The van der Waals surface area contributed by atoms with E-state index in [1.807, 2.05) is 12.1 Å². The molecule has 6 atom stereocenters. The minimum absolute atomic E-state index is 0.237. The van der Waals surface area contributed by atoms with Crippen molar-refractivity contribution in [2.24, 2.45) is 0 Å². The molecular formula is C20H20Cl2O6. The van der Waals surface area contributed by atoms with Gasteiger partial charge < -0.3 is 29.2 Å². The summed E-state index contributed by atoms with van der Waals surface area (Å²) in [5.41, 5.74) is 1.55. The van der Waals surface area contributed by atoms with Crippen molar-refractivity contribution in [1.82, 2.24) is 0 Å². The van der Waals surface area contributed by atoms with Crippen LogP contribution in [-0.4, -0.2) is 47.8 Å². The van der Waals surface area contributed by atoms with E-state index >= 15 is 0 Å². The first-order chi connectivity index (χ1) is 13.5. The Hall–Kier alpha value is -1.22. The first-order valence-electron chi connectivity index (χ1n) is 8.93. The fourth-order valence-electron chi connectivity index (χ4n) is 3.33. The van der Waals surface area contributed by atoms with Gasteiger partial charge in [0.05, 0.1) is 13.2 Å². The highest BCUT2D eigenvalue weighted by Crippen LogP contribution is 2.37. The molecule has 0 aliphatic carbocycles. The third kappa shape index (κ3) is 4.20. The van der Waals surface area contributed by atoms with Crippen molar-refractivity contribution in [2.45, 2.75) is 37.0 Å². The number of halogens is 2. The van der Waals surface area contributed by atoms with E-state index in [0.29, 0.717) is 10.0 Å². The second kappa shape index (κ2) is 8.65. The zero-order chi connectivity index (χ0) is 19.7. The van der Waals surface area contributed by atoms with Crippen LogP contribution in [0.5, 0.6) is 0 Å². The molecule has 0 saturated carbocycles. The lowest BCUT2D eigenvalue weighted by Gasteiger charge is -2.40. The van der Waals surface area contributed by atoms with Gasteiger partial charge in [0, 0.05) is 21.2 Å². The van der Waals surface area contributed by atoms with E-state index in [-0.39, 0.29) is 13.2 Å². The van der Waals surface area contributed by atoms with E-state index < -0.39 is 37.0 Å². The molecule has 2 aliphatic heterocycles. The number of rotatable bonds is 4. The fourth-order valence-corrected chi connectivity index (χ4v) is 3.58. The summed E-state index contributed by atoms with van der Waals surface area (Å²) in [5.74, 6) is 0. The molecule has 0 radical (unpaired) electrons. The molecule has 0 aromatic heterocycles. The Morgan fingerprint density at radius 3 is 1.96 bits per heavy atom. The predicted octanol–water partition coefficient (Wildman–Crippen LogP) is 3.24. The van der Waals surface area contributed by atoms with Gasteiger partial charge in [-0.25, -0.2) is 0 Å². The summed E-state index contributed by atoms with van der Waals surface area (Å²) >= 11 is 11.9. The van der Waals surface area contributed by atoms with Crippen molar-refractivity contribution in [3.63, 3.8) is 0 Å². The van der Waals surface area contributed by atoms with Crippen LogP contribution in [0.3, 0.4) is 0 Å². The average Bonchev–Trinajstić information content (AvgIpc) is 3.19. The molecule has 150 valence electrons. The molecule has 2 aromatic rings. The maximum Gasteiger partial charge on any atom is 0.184 e. The van der Waals surface area contributed by atoms with Crippen molar-refractivity contribution in [3.8, 4) is 0 Å². The number of ether oxygens (including phenoxy) is 4. The molecule has 2 fully saturated rings. The van der Waals surface area contributed by atoms with Gasteiger partial charge in [-0.1, -0.05) is 47.5 Å². The quantitative estimate of drug-likeness (QED) is 0.781. The molecule has 0 amide bonds. The zero-order valence-corrected chi connectivity index (χ0v) is 16.3. The minimum Gasteiger partial charge on any atom is -0.394 e. The van der Waals surface area contributed by atoms with Crippen LogP contribution in [0.1, 0.15) is 23.7 Å². The van der Waals surface area contributed by atoms with Crippen LogP contribution >= 0.6 is 23.2 Å². The first-order valence-corrected chi connectivity index (χ1v) is 9.68. The lowest BCUT2D eigenvalue weighted by atomic mass is 10.0. The summed E-state index contributed by atoms with van der Waals surface area (Å²) in [6.07, 6.45) is -4.47. The summed E-state index contributed by atoms with van der Waals surface area (Å²) in [6, 6.07) is 14.2. The Bertz CT molecular complexity index is 784. The molecule has 2 aromatic carbocycles. The van der Waals surface area contributed by atoms with Crippen LogP contribution in [0.4, 0.5) is 0 Å². The van der Waals surface area contributed by atoms with Gasteiger partial charge in [-0.2, -0.15) is 0 Å². The van der Waals surface area contributed by atoms with E-state index in [1.54, 1.807) is 36.4 Å². The molecule has 2 unspecified atom stereocenters. The van der Waals surface area contributed by atoms with E-state index in [2.05, 4.69) is 0 Å². The number of aliphatic hydroxyl groups is 2. The number of hydrogen-bond acceptors (Lipinski definition) is 6. The SMILES string of the molecule is OC[C@@H]1OC(c2ccc(Cl)cc2)O[C@@H]([C@H]2COC(c3ccc(Cl)cc3)O2)[C@H]1O. The summed E-state index contributed by atoms with van der Waals surface area (Å²) in [4.78, 5) is 0. The number of hydrogen-bond donors (Lipinski definition) is 2. The third-order valence-electron chi connectivity index (χ3n) is 4.84. The topological polar surface area (TPSA) is 77.4 Å². The van der Waals surface area contributed by atoms with Crippen molar-refractivity contribution >= 4 is 23.2 Å². The fraction of sp³-hybridized carbons (Fsp3) is 0.400. The lowest BCUT2D eigenvalue weighted by Crippen LogP contribution is -2.54. The molecule has 4 rings (SSSR count). The monoisotopic (exact) mass is 426 g/mol. The van der Waals surface area contributed by atoms with Gasteiger partial charge in [-0.15, -0.1) is 0 Å². The molecule has 2 saturated heterocycles. The third-order valence-corrected chi connectivity index (χ3v) is 5.34. The molecule has 2 N–H and O–H groups in total. The number of aliphatic hydroxyl groups excluding tert-OH is 2. The standard InChI is InChI=1S/C20H20Cl2O6/c21-13-5-1-11(2-6-13)19-25-10-16(27-19)18-17(24)15(9-23)26-20(28-18)12-3-7-14(22)8-4-12/h1-8,15-20,23-24H,9-10H2/t15-,16+,17-,18-,19?,20?/m0/s1. The largest absolute Gasteiger partial charge is 0.394 e. The highest BCUT2D eigenvalue weighted by molar-refractivity contribution is 6.30. The second-order valence-electron chi connectivity index (χ2n) is 6.72. The van der Waals surface area contributed by atoms with E-state index in [9.17, 15) is 10.2 Å². The van der Waals surface area contributed by atoms with Crippen LogP contribution in [0.25, 0.3) is 0 Å². The average molecular weight is 427 g/mol. The van der Waals surface area contributed by atoms with Gasteiger partial charge in [0.25, 0.3) is 0 Å². The van der Waals surface area contributed by atoms with Crippen LogP contribution in [0, 0.1) is 0 Å². The maximum atomic E-state index is 10.6. The second-order valence-corrected chi connectivity index (χ2v) is 7.60. The van der Waals surface area contributed by atoms with Crippen LogP contribution in [0.2, 0.25) is 10.0 Å². The zero-order valence-electron chi connectivity index (χ0n) is 14.8. The van der Waals surface area contributed by atoms with Crippen LogP contribution < -0.4 is 0 Å². The lowest BCUT2D eigenvalue weighted by molar-refractivity contribution is -0.310.